The molecule has 1 aromatic rings. The van der Waals surface area contributed by atoms with E-state index in [0.29, 0.717) is 18.5 Å². The van der Waals surface area contributed by atoms with Crippen LogP contribution in [0.3, 0.4) is 0 Å². The molecule has 0 saturated heterocycles. The van der Waals surface area contributed by atoms with Crippen molar-refractivity contribution in [2.75, 3.05) is 27.2 Å². The first kappa shape index (κ1) is 16.8. The third-order valence-corrected chi connectivity index (χ3v) is 4.36. The summed E-state index contributed by atoms with van der Waals surface area (Å²) in [6, 6.07) is 6.05. The van der Waals surface area contributed by atoms with E-state index in [1.54, 1.807) is 19.1 Å². The standard InChI is InChI=1S/C14H22N2O3S/c1-4-14(17)12-6-8-13(9-7-12)20(18,19)15-10-5-11-16(2)3/h6-9,15H,4-5,10-11H2,1-3H3. The lowest BCUT2D eigenvalue weighted by Crippen LogP contribution is -2.27. The predicted molar refractivity (Wildman–Crippen MR) is 79.4 cm³/mol. The smallest absolute Gasteiger partial charge is 0.240 e. The van der Waals surface area contributed by atoms with Gasteiger partial charge in [0.05, 0.1) is 4.90 Å². The van der Waals surface area contributed by atoms with Crippen LogP contribution in [0.1, 0.15) is 30.1 Å². The predicted octanol–water partition coefficient (Wildman–Crippen LogP) is 1.51. The number of hydrogen-bond acceptors (Lipinski definition) is 4. The van der Waals surface area contributed by atoms with Gasteiger partial charge in [-0.3, -0.25) is 4.79 Å². The summed E-state index contributed by atoms with van der Waals surface area (Å²) >= 11 is 0. The van der Waals surface area contributed by atoms with Gasteiger partial charge in [-0.05, 0) is 39.2 Å². The molecule has 0 aliphatic rings. The number of nitrogens with zero attached hydrogens (tertiary/aromatic N) is 1. The molecule has 1 N–H and O–H groups in total. The summed E-state index contributed by atoms with van der Waals surface area (Å²) in [6.07, 6.45) is 1.16. The average Bonchev–Trinajstić information content (AvgIpc) is 2.43. The molecule has 0 bridgehead atoms. The van der Waals surface area contributed by atoms with Crippen LogP contribution < -0.4 is 4.72 Å². The van der Waals surface area contributed by atoms with E-state index < -0.39 is 10.0 Å². The summed E-state index contributed by atoms with van der Waals surface area (Å²) < 4.78 is 26.6. The number of rotatable bonds is 8. The van der Waals surface area contributed by atoms with Crippen LogP contribution in [0.15, 0.2) is 29.2 Å². The first-order valence-corrected chi connectivity index (χ1v) is 8.13. The van der Waals surface area contributed by atoms with Gasteiger partial charge in [0.25, 0.3) is 0 Å². The molecule has 0 aliphatic carbocycles. The van der Waals surface area contributed by atoms with Crippen LogP contribution in [0.2, 0.25) is 0 Å². The molecule has 112 valence electrons. The van der Waals surface area contributed by atoms with Gasteiger partial charge in [-0.1, -0.05) is 19.1 Å². The number of ketones is 1. The van der Waals surface area contributed by atoms with Crippen LogP contribution in [0.5, 0.6) is 0 Å². The van der Waals surface area contributed by atoms with Gasteiger partial charge >= 0.3 is 0 Å². The molecule has 0 aliphatic heterocycles. The van der Waals surface area contributed by atoms with Crippen LogP contribution in [0.4, 0.5) is 0 Å². The molecule has 0 unspecified atom stereocenters. The van der Waals surface area contributed by atoms with Crippen LogP contribution in [-0.4, -0.2) is 46.3 Å². The fourth-order valence-corrected chi connectivity index (χ4v) is 2.78. The minimum absolute atomic E-state index is 0.00731. The first-order chi connectivity index (χ1) is 9.36. The van der Waals surface area contributed by atoms with Crippen LogP contribution in [0.25, 0.3) is 0 Å². The lowest BCUT2D eigenvalue weighted by atomic mass is 10.1. The summed E-state index contributed by atoms with van der Waals surface area (Å²) in [7, 11) is 0.398. The average molecular weight is 298 g/mol. The van der Waals surface area contributed by atoms with E-state index in [1.165, 1.54) is 12.1 Å². The van der Waals surface area contributed by atoms with Gasteiger partial charge in [-0.2, -0.15) is 0 Å². The Kier molecular flexibility index (Phi) is 6.32. The van der Waals surface area contributed by atoms with E-state index in [1.807, 2.05) is 19.0 Å². The number of nitrogens with one attached hydrogen (secondary N) is 1. The van der Waals surface area contributed by atoms with Crippen molar-refractivity contribution >= 4 is 15.8 Å². The maximum absolute atomic E-state index is 12.0. The first-order valence-electron chi connectivity index (χ1n) is 6.64. The lowest BCUT2D eigenvalue weighted by molar-refractivity contribution is 0.0988. The number of carbonyl (C=O) groups is 1. The maximum atomic E-state index is 12.0. The molecule has 1 aromatic carbocycles. The quantitative estimate of drug-likeness (QED) is 0.583. The Hall–Kier alpha value is -1.24. The number of carbonyl (C=O) groups excluding carboxylic acids is 1. The fraction of sp³-hybridized carbons (Fsp3) is 0.500. The van der Waals surface area contributed by atoms with Crippen molar-refractivity contribution in [3.63, 3.8) is 0 Å². The van der Waals surface area contributed by atoms with Crippen molar-refractivity contribution in [2.24, 2.45) is 0 Å². The normalized spacial score (nSPS) is 11.8. The highest BCUT2D eigenvalue weighted by Crippen LogP contribution is 2.11. The van der Waals surface area contributed by atoms with Crippen molar-refractivity contribution in [1.29, 1.82) is 0 Å². The van der Waals surface area contributed by atoms with Crippen LogP contribution in [0, 0.1) is 0 Å². The summed E-state index contributed by atoms with van der Waals surface area (Å²) in [4.78, 5) is 13.7. The second-order valence-electron chi connectivity index (χ2n) is 4.86. The van der Waals surface area contributed by atoms with Gasteiger partial charge in [0.1, 0.15) is 0 Å². The topological polar surface area (TPSA) is 66.5 Å². The molecule has 0 amide bonds. The molecule has 0 heterocycles. The number of sulfonamides is 1. The second-order valence-corrected chi connectivity index (χ2v) is 6.62. The minimum Gasteiger partial charge on any atom is -0.309 e. The summed E-state index contributed by atoms with van der Waals surface area (Å²) in [5, 5.41) is 0. The van der Waals surface area contributed by atoms with E-state index >= 15 is 0 Å². The zero-order valence-corrected chi connectivity index (χ0v) is 13.0. The molecule has 6 heteroatoms. The number of Topliss-reactive ketones (excluding diaryl/α,β-unsaturated/α-hetero) is 1. The molecule has 20 heavy (non-hydrogen) atoms. The van der Waals surface area contributed by atoms with Crippen molar-refractivity contribution in [2.45, 2.75) is 24.7 Å². The van der Waals surface area contributed by atoms with Gasteiger partial charge in [0.15, 0.2) is 5.78 Å². The summed E-state index contributed by atoms with van der Waals surface area (Å²) in [5.41, 5.74) is 0.541. The van der Waals surface area contributed by atoms with Crippen molar-refractivity contribution in [1.82, 2.24) is 9.62 Å². The van der Waals surface area contributed by atoms with Gasteiger partial charge in [0, 0.05) is 18.5 Å². The Morgan fingerprint density at radius 1 is 1.20 bits per heavy atom. The highest BCUT2D eigenvalue weighted by molar-refractivity contribution is 7.89. The molecule has 1 rings (SSSR count). The Labute approximate surface area is 121 Å². The van der Waals surface area contributed by atoms with E-state index in [4.69, 9.17) is 0 Å². The molecule has 0 aromatic heterocycles. The lowest BCUT2D eigenvalue weighted by Gasteiger charge is -2.10. The SMILES string of the molecule is CCC(=O)c1ccc(S(=O)(=O)NCCCN(C)C)cc1. The molecule has 0 saturated carbocycles. The maximum Gasteiger partial charge on any atom is 0.240 e. The molecule has 0 fully saturated rings. The third kappa shape index (κ3) is 5.03. The fourth-order valence-electron chi connectivity index (χ4n) is 1.71. The Balaban J connectivity index is 2.66. The molecule has 0 spiro atoms. The second kappa shape index (κ2) is 7.52. The highest BCUT2D eigenvalue weighted by atomic mass is 32.2. The number of hydrogen-bond donors (Lipinski definition) is 1. The monoisotopic (exact) mass is 298 g/mol. The Morgan fingerprint density at radius 2 is 1.80 bits per heavy atom. The third-order valence-electron chi connectivity index (χ3n) is 2.88. The zero-order chi connectivity index (χ0) is 15.2. The number of benzene rings is 1. The van der Waals surface area contributed by atoms with Crippen molar-refractivity contribution in [3.05, 3.63) is 29.8 Å². The van der Waals surface area contributed by atoms with Gasteiger partial charge in [-0.25, -0.2) is 13.1 Å². The van der Waals surface area contributed by atoms with Gasteiger partial charge in [-0.15, -0.1) is 0 Å². The van der Waals surface area contributed by atoms with Crippen molar-refractivity contribution in [3.8, 4) is 0 Å². The minimum atomic E-state index is -3.49. The van der Waals surface area contributed by atoms with Gasteiger partial charge in [0.2, 0.25) is 10.0 Å². The summed E-state index contributed by atoms with van der Waals surface area (Å²) in [6.45, 7) is 3.00. The molecule has 0 radical (unpaired) electrons. The molecule has 0 atom stereocenters. The molecular formula is C14H22N2O3S. The van der Waals surface area contributed by atoms with Crippen LogP contribution >= 0.6 is 0 Å². The van der Waals surface area contributed by atoms with E-state index in [0.717, 1.165) is 13.0 Å². The van der Waals surface area contributed by atoms with Crippen LogP contribution in [-0.2, 0) is 10.0 Å². The highest BCUT2D eigenvalue weighted by Gasteiger charge is 2.13. The Bertz CT molecular complexity index is 536. The molecule has 5 nitrogen and oxygen atoms in total. The van der Waals surface area contributed by atoms with E-state index in [-0.39, 0.29) is 10.7 Å². The van der Waals surface area contributed by atoms with Gasteiger partial charge < -0.3 is 4.90 Å². The molecular weight excluding hydrogens is 276 g/mol. The zero-order valence-electron chi connectivity index (χ0n) is 12.2. The Morgan fingerprint density at radius 3 is 2.30 bits per heavy atom. The largest absolute Gasteiger partial charge is 0.309 e. The van der Waals surface area contributed by atoms with Crippen molar-refractivity contribution < 1.29 is 13.2 Å². The van der Waals surface area contributed by atoms with E-state index in [2.05, 4.69) is 4.72 Å². The summed E-state index contributed by atoms with van der Waals surface area (Å²) in [5.74, 6) is 0.00731. The van der Waals surface area contributed by atoms with E-state index in [9.17, 15) is 13.2 Å².